The van der Waals surface area contributed by atoms with Crippen molar-refractivity contribution in [2.24, 2.45) is 0 Å². The molecule has 0 saturated carbocycles. The number of aromatic amines is 1. The Bertz CT molecular complexity index is 878. The van der Waals surface area contributed by atoms with E-state index in [1.807, 2.05) is 48.5 Å². The molecular weight excluding hydrogens is 320 g/mol. The first kappa shape index (κ1) is 16.0. The van der Waals surface area contributed by atoms with Crippen LogP contribution in [-0.2, 0) is 6.42 Å². The van der Waals surface area contributed by atoms with Gasteiger partial charge in [-0.1, -0.05) is 48.6 Å². The highest BCUT2D eigenvalue weighted by Gasteiger charge is 2.10. The van der Waals surface area contributed by atoms with Crippen molar-refractivity contribution < 1.29 is 4.79 Å². The van der Waals surface area contributed by atoms with Crippen LogP contribution >= 0.6 is 12.2 Å². The lowest BCUT2D eigenvalue weighted by atomic mass is 10.2. The van der Waals surface area contributed by atoms with E-state index in [9.17, 15) is 4.79 Å². The molecule has 1 aromatic carbocycles. The highest BCUT2D eigenvalue weighted by molar-refractivity contribution is 7.71. The van der Waals surface area contributed by atoms with Gasteiger partial charge < -0.3 is 10.3 Å². The van der Waals surface area contributed by atoms with Crippen LogP contribution in [0, 0.1) is 4.64 Å². The molecule has 0 aliphatic carbocycles. The van der Waals surface area contributed by atoms with E-state index in [0.717, 1.165) is 11.3 Å². The van der Waals surface area contributed by atoms with E-state index in [4.69, 9.17) is 12.2 Å². The Morgan fingerprint density at radius 3 is 2.58 bits per heavy atom. The molecule has 0 unspecified atom stereocenters. The van der Waals surface area contributed by atoms with Crippen molar-refractivity contribution in [2.75, 3.05) is 6.54 Å². The number of carbonyl (C=O) groups excluding carboxylic acids is 1. The summed E-state index contributed by atoms with van der Waals surface area (Å²) < 4.78 is 0.374. The van der Waals surface area contributed by atoms with Gasteiger partial charge in [0.2, 0.25) is 0 Å². The Morgan fingerprint density at radius 2 is 1.88 bits per heavy atom. The van der Waals surface area contributed by atoms with Crippen LogP contribution in [0.3, 0.4) is 0 Å². The van der Waals surface area contributed by atoms with Gasteiger partial charge >= 0.3 is 0 Å². The lowest BCUT2D eigenvalue weighted by molar-refractivity contribution is 0.0953. The maximum atomic E-state index is 12.2. The molecular formula is C18H16N4OS. The van der Waals surface area contributed by atoms with Gasteiger partial charge in [-0.3, -0.25) is 9.78 Å². The molecule has 6 heteroatoms. The number of rotatable bonds is 5. The molecule has 0 spiro atoms. The summed E-state index contributed by atoms with van der Waals surface area (Å²) in [7, 11) is 0. The minimum atomic E-state index is -0.237. The largest absolute Gasteiger partial charge is 0.352 e. The van der Waals surface area contributed by atoms with E-state index in [2.05, 4.69) is 20.3 Å². The normalized spacial score (nSPS) is 10.3. The van der Waals surface area contributed by atoms with Crippen LogP contribution in [0.2, 0.25) is 0 Å². The summed E-state index contributed by atoms with van der Waals surface area (Å²) in [4.78, 5) is 23.8. The average molecular weight is 336 g/mol. The number of nitrogens with one attached hydrogen (secondary N) is 2. The summed E-state index contributed by atoms with van der Waals surface area (Å²) in [6, 6.07) is 15.4. The van der Waals surface area contributed by atoms with Crippen molar-refractivity contribution in [2.45, 2.75) is 6.42 Å². The Kier molecular flexibility index (Phi) is 5.08. The Labute approximate surface area is 144 Å². The molecule has 24 heavy (non-hydrogen) atoms. The minimum Gasteiger partial charge on any atom is -0.352 e. The maximum Gasteiger partial charge on any atom is 0.255 e. The molecule has 3 aromatic rings. The van der Waals surface area contributed by atoms with Crippen molar-refractivity contribution >= 4 is 18.1 Å². The summed E-state index contributed by atoms with van der Waals surface area (Å²) in [6.07, 6.45) is 3.91. The van der Waals surface area contributed by atoms with Crippen LogP contribution in [0.25, 0.3) is 11.4 Å². The standard InChI is InChI=1S/C18H16N4OS/c23-17(20-11-9-14-8-4-5-10-19-14)15-12-21-16(22-18(15)24)13-6-2-1-3-7-13/h1-8,10,12H,9,11H2,(H,20,23)(H,21,22,24). The summed E-state index contributed by atoms with van der Waals surface area (Å²) in [5, 5.41) is 2.84. The number of pyridine rings is 1. The lowest BCUT2D eigenvalue weighted by Gasteiger charge is -2.06. The van der Waals surface area contributed by atoms with Crippen LogP contribution in [0.5, 0.6) is 0 Å². The molecule has 3 rings (SSSR count). The number of aromatic nitrogens is 3. The summed E-state index contributed by atoms with van der Waals surface area (Å²) in [5.74, 6) is 0.407. The van der Waals surface area contributed by atoms with Crippen LogP contribution in [-0.4, -0.2) is 27.4 Å². The molecule has 120 valence electrons. The second kappa shape index (κ2) is 7.61. The molecule has 0 saturated heterocycles. The predicted octanol–water partition coefficient (Wildman–Crippen LogP) is 3.17. The zero-order valence-corrected chi connectivity index (χ0v) is 13.7. The van der Waals surface area contributed by atoms with Crippen LogP contribution in [0.4, 0.5) is 0 Å². The van der Waals surface area contributed by atoms with Gasteiger partial charge in [0, 0.05) is 36.6 Å². The van der Waals surface area contributed by atoms with Crippen molar-refractivity contribution in [1.82, 2.24) is 20.3 Å². The molecule has 0 fully saturated rings. The van der Waals surface area contributed by atoms with E-state index >= 15 is 0 Å². The maximum absolute atomic E-state index is 12.2. The SMILES string of the molecule is O=C(NCCc1ccccn1)c1cnc(-c2ccccc2)[nH]c1=S. The highest BCUT2D eigenvalue weighted by Crippen LogP contribution is 2.14. The molecule has 0 aliphatic heterocycles. The molecule has 0 aliphatic rings. The third kappa shape index (κ3) is 3.91. The first-order valence-electron chi connectivity index (χ1n) is 7.57. The topological polar surface area (TPSA) is 70.7 Å². The molecule has 0 atom stereocenters. The number of hydrogen-bond acceptors (Lipinski definition) is 4. The summed E-state index contributed by atoms with van der Waals surface area (Å²) >= 11 is 5.29. The fraction of sp³-hybridized carbons (Fsp3) is 0.111. The number of hydrogen-bond donors (Lipinski definition) is 2. The highest BCUT2D eigenvalue weighted by atomic mass is 32.1. The third-order valence-corrected chi connectivity index (χ3v) is 3.81. The minimum absolute atomic E-state index is 0.237. The Morgan fingerprint density at radius 1 is 1.08 bits per heavy atom. The fourth-order valence-corrected chi connectivity index (χ4v) is 2.49. The van der Waals surface area contributed by atoms with Gasteiger partial charge in [-0.2, -0.15) is 0 Å². The monoisotopic (exact) mass is 336 g/mol. The van der Waals surface area contributed by atoms with Crippen molar-refractivity contribution in [3.8, 4) is 11.4 Å². The van der Waals surface area contributed by atoms with Crippen molar-refractivity contribution in [3.63, 3.8) is 0 Å². The molecule has 2 aromatic heterocycles. The quantitative estimate of drug-likeness (QED) is 0.702. The smallest absolute Gasteiger partial charge is 0.255 e. The number of amides is 1. The van der Waals surface area contributed by atoms with E-state index in [1.54, 1.807) is 6.20 Å². The van der Waals surface area contributed by atoms with Crippen LogP contribution in [0.15, 0.2) is 60.9 Å². The number of H-pyrrole nitrogens is 1. The van der Waals surface area contributed by atoms with Gasteiger partial charge in [-0.15, -0.1) is 0 Å². The van der Waals surface area contributed by atoms with Gasteiger partial charge in [-0.25, -0.2) is 4.98 Å². The van der Waals surface area contributed by atoms with Crippen molar-refractivity contribution in [3.05, 3.63) is 76.8 Å². The Balaban J connectivity index is 1.66. The Hall–Kier alpha value is -2.86. The molecule has 2 heterocycles. The molecule has 5 nitrogen and oxygen atoms in total. The van der Waals surface area contributed by atoms with Crippen LogP contribution in [0.1, 0.15) is 16.1 Å². The molecule has 0 bridgehead atoms. The van der Waals surface area contributed by atoms with Gasteiger partial charge in [0.15, 0.2) is 0 Å². The summed E-state index contributed by atoms with van der Waals surface area (Å²) in [5.41, 5.74) is 2.22. The van der Waals surface area contributed by atoms with Gasteiger partial charge in [0.1, 0.15) is 10.5 Å². The van der Waals surface area contributed by atoms with E-state index in [-0.39, 0.29) is 5.91 Å². The second-order valence-electron chi connectivity index (χ2n) is 5.17. The summed E-state index contributed by atoms with van der Waals surface area (Å²) in [6.45, 7) is 0.491. The lowest BCUT2D eigenvalue weighted by Crippen LogP contribution is -2.26. The number of benzene rings is 1. The number of carbonyl (C=O) groups is 1. The zero-order valence-electron chi connectivity index (χ0n) is 12.9. The number of nitrogens with zero attached hydrogens (tertiary/aromatic N) is 2. The second-order valence-corrected chi connectivity index (χ2v) is 5.58. The molecule has 0 radical (unpaired) electrons. The van der Waals surface area contributed by atoms with Gasteiger partial charge in [0.25, 0.3) is 5.91 Å². The van der Waals surface area contributed by atoms with Crippen molar-refractivity contribution in [1.29, 1.82) is 0 Å². The van der Waals surface area contributed by atoms with E-state index < -0.39 is 0 Å². The van der Waals surface area contributed by atoms with E-state index in [0.29, 0.717) is 29.0 Å². The third-order valence-electron chi connectivity index (χ3n) is 3.48. The van der Waals surface area contributed by atoms with Gasteiger partial charge in [0.05, 0.1) is 5.56 Å². The molecule has 2 N–H and O–H groups in total. The molecule has 1 amide bonds. The van der Waals surface area contributed by atoms with Gasteiger partial charge in [-0.05, 0) is 12.1 Å². The zero-order chi connectivity index (χ0) is 16.8. The average Bonchev–Trinajstić information content (AvgIpc) is 2.63. The first-order chi connectivity index (χ1) is 11.7. The van der Waals surface area contributed by atoms with E-state index in [1.165, 1.54) is 6.20 Å². The van der Waals surface area contributed by atoms with Crippen LogP contribution < -0.4 is 5.32 Å². The first-order valence-corrected chi connectivity index (χ1v) is 7.98. The fourth-order valence-electron chi connectivity index (χ4n) is 2.24. The predicted molar refractivity (Wildman–Crippen MR) is 95.1 cm³/mol.